The van der Waals surface area contributed by atoms with Gasteiger partial charge in [-0.3, -0.25) is 15.5 Å². The zero-order chi connectivity index (χ0) is 26.5. The van der Waals surface area contributed by atoms with Gasteiger partial charge in [-0.2, -0.15) is 9.41 Å². The molecule has 2 aromatic carbocycles. The Bertz CT molecular complexity index is 1420. The van der Waals surface area contributed by atoms with Gasteiger partial charge in [0.15, 0.2) is 5.13 Å². The van der Waals surface area contributed by atoms with E-state index in [1.165, 1.54) is 27.8 Å². The standard InChI is InChI=1S/C24H26N6O6S2/c31-30(32)19-6-7-20(22(16-19)38(33,34)29-10-14-36-15-11-29)27-25-17-21-23(18-4-2-1-3-5-18)26-24(37-21)28-8-12-35-13-9-28/h1-7,16-17,27H,8-15H2. The number of hydrogen-bond donors (Lipinski definition) is 1. The first-order chi connectivity index (χ1) is 18.4. The molecule has 14 heteroatoms. The number of nitro groups is 1. The van der Waals surface area contributed by atoms with Crippen LogP contribution < -0.4 is 10.3 Å². The molecule has 2 saturated heterocycles. The van der Waals surface area contributed by atoms with Crippen LogP contribution in [0.25, 0.3) is 11.3 Å². The van der Waals surface area contributed by atoms with Crippen LogP contribution in [0.1, 0.15) is 4.88 Å². The second kappa shape index (κ2) is 11.5. The second-order valence-electron chi connectivity index (χ2n) is 8.50. The molecule has 1 N–H and O–H groups in total. The molecular formula is C24H26N6O6S2. The van der Waals surface area contributed by atoms with Crippen LogP contribution in [-0.4, -0.2) is 81.5 Å². The van der Waals surface area contributed by atoms with Crippen LogP contribution in [0.2, 0.25) is 0 Å². The van der Waals surface area contributed by atoms with E-state index in [1.54, 1.807) is 6.21 Å². The number of benzene rings is 2. The van der Waals surface area contributed by atoms with Crippen molar-refractivity contribution in [1.29, 1.82) is 0 Å². The minimum atomic E-state index is -4.02. The lowest BCUT2D eigenvalue weighted by molar-refractivity contribution is -0.385. The number of sulfonamides is 1. The highest BCUT2D eigenvalue weighted by molar-refractivity contribution is 7.89. The number of anilines is 2. The van der Waals surface area contributed by atoms with Gasteiger partial charge in [0.1, 0.15) is 4.90 Å². The lowest BCUT2D eigenvalue weighted by Crippen LogP contribution is -2.40. The molecule has 5 rings (SSSR count). The van der Waals surface area contributed by atoms with Crippen LogP contribution >= 0.6 is 11.3 Å². The Labute approximate surface area is 223 Å². The molecule has 2 aliphatic heterocycles. The number of nitro benzene ring substituents is 1. The fourth-order valence-corrected chi connectivity index (χ4v) is 6.70. The summed E-state index contributed by atoms with van der Waals surface area (Å²) in [6.45, 7) is 3.59. The number of morpholine rings is 2. The van der Waals surface area contributed by atoms with Gasteiger partial charge in [0.2, 0.25) is 10.0 Å². The molecule has 3 heterocycles. The summed E-state index contributed by atoms with van der Waals surface area (Å²) in [6, 6.07) is 13.4. The predicted molar refractivity (Wildman–Crippen MR) is 144 cm³/mol. The summed E-state index contributed by atoms with van der Waals surface area (Å²) in [6.07, 6.45) is 1.59. The molecule has 0 spiro atoms. The van der Waals surface area contributed by atoms with E-state index in [9.17, 15) is 18.5 Å². The number of hydrazone groups is 1. The maximum absolute atomic E-state index is 13.4. The minimum absolute atomic E-state index is 0.137. The van der Waals surface area contributed by atoms with E-state index in [-0.39, 0.29) is 42.6 Å². The average Bonchev–Trinajstić information content (AvgIpc) is 3.38. The summed E-state index contributed by atoms with van der Waals surface area (Å²) in [5, 5.41) is 16.6. The Kier molecular flexibility index (Phi) is 7.95. The van der Waals surface area contributed by atoms with Crippen molar-refractivity contribution in [2.45, 2.75) is 4.90 Å². The smallest absolute Gasteiger partial charge is 0.270 e. The molecule has 1 aromatic heterocycles. The number of nitrogens with zero attached hydrogens (tertiary/aromatic N) is 5. The molecule has 38 heavy (non-hydrogen) atoms. The third kappa shape index (κ3) is 5.68. The monoisotopic (exact) mass is 558 g/mol. The van der Waals surface area contributed by atoms with Crippen LogP contribution in [0.4, 0.5) is 16.5 Å². The summed E-state index contributed by atoms with van der Waals surface area (Å²) < 4.78 is 38.7. The summed E-state index contributed by atoms with van der Waals surface area (Å²) >= 11 is 1.48. The molecule has 0 unspecified atom stereocenters. The van der Waals surface area contributed by atoms with Crippen molar-refractivity contribution >= 4 is 44.1 Å². The van der Waals surface area contributed by atoms with Gasteiger partial charge < -0.3 is 14.4 Å². The fourth-order valence-electron chi connectivity index (χ4n) is 4.12. The molecule has 0 amide bonds. The summed E-state index contributed by atoms with van der Waals surface area (Å²) in [7, 11) is -4.02. The Morgan fingerprint density at radius 1 is 1.03 bits per heavy atom. The molecular weight excluding hydrogens is 532 g/mol. The van der Waals surface area contributed by atoms with Crippen molar-refractivity contribution in [1.82, 2.24) is 9.29 Å². The van der Waals surface area contributed by atoms with Gasteiger partial charge in [-0.15, -0.1) is 0 Å². The minimum Gasteiger partial charge on any atom is -0.379 e. The van der Waals surface area contributed by atoms with Gasteiger partial charge in [0.25, 0.3) is 5.69 Å². The van der Waals surface area contributed by atoms with Crippen molar-refractivity contribution in [3.63, 3.8) is 0 Å². The summed E-state index contributed by atoms with van der Waals surface area (Å²) in [4.78, 5) is 18.3. The van der Waals surface area contributed by atoms with E-state index < -0.39 is 14.9 Å². The van der Waals surface area contributed by atoms with Crippen molar-refractivity contribution in [2.24, 2.45) is 5.10 Å². The number of thiazole rings is 1. The zero-order valence-corrected chi connectivity index (χ0v) is 22.0. The predicted octanol–water partition coefficient (Wildman–Crippen LogP) is 3.02. The molecule has 3 aromatic rings. The van der Waals surface area contributed by atoms with Gasteiger partial charge in [0, 0.05) is 43.9 Å². The lowest BCUT2D eigenvalue weighted by atomic mass is 10.1. The van der Waals surface area contributed by atoms with E-state index in [1.807, 2.05) is 30.3 Å². The number of nitrogens with one attached hydrogen (secondary N) is 1. The van der Waals surface area contributed by atoms with Gasteiger partial charge in [-0.25, -0.2) is 13.4 Å². The van der Waals surface area contributed by atoms with Crippen LogP contribution in [0.15, 0.2) is 58.5 Å². The third-order valence-corrected chi connectivity index (χ3v) is 9.09. The first-order valence-electron chi connectivity index (χ1n) is 12.0. The quantitative estimate of drug-likeness (QED) is 0.251. The molecule has 0 bridgehead atoms. The largest absolute Gasteiger partial charge is 0.379 e. The molecule has 2 aliphatic rings. The highest BCUT2D eigenvalue weighted by Crippen LogP contribution is 2.33. The number of hydrogen-bond acceptors (Lipinski definition) is 11. The van der Waals surface area contributed by atoms with Gasteiger partial charge >= 0.3 is 0 Å². The second-order valence-corrected chi connectivity index (χ2v) is 11.4. The van der Waals surface area contributed by atoms with Crippen molar-refractivity contribution in [2.75, 3.05) is 62.9 Å². The molecule has 0 atom stereocenters. The molecule has 2 fully saturated rings. The van der Waals surface area contributed by atoms with Gasteiger partial charge in [-0.05, 0) is 6.07 Å². The van der Waals surface area contributed by atoms with Crippen LogP contribution in [0.5, 0.6) is 0 Å². The Hall–Kier alpha value is -3.43. The fraction of sp³-hybridized carbons (Fsp3) is 0.333. The number of ether oxygens (including phenoxy) is 2. The number of aromatic nitrogens is 1. The van der Waals surface area contributed by atoms with E-state index >= 15 is 0 Å². The number of rotatable bonds is 8. The van der Waals surface area contributed by atoms with E-state index in [0.29, 0.717) is 13.2 Å². The SMILES string of the molecule is O=[N+]([O-])c1ccc(NN=Cc2sc(N3CCOCC3)nc2-c2ccccc2)c(S(=O)(=O)N2CCOCC2)c1. The lowest BCUT2D eigenvalue weighted by Gasteiger charge is -2.26. The van der Waals surface area contributed by atoms with Gasteiger partial charge in [-0.1, -0.05) is 41.7 Å². The first kappa shape index (κ1) is 26.2. The van der Waals surface area contributed by atoms with E-state index in [0.717, 1.165) is 40.4 Å². The summed E-state index contributed by atoms with van der Waals surface area (Å²) in [5.74, 6) is 0. The Balaban J connectivity index is 1.46. The molecule has 0 aliphatic carbocycles. The highest BCUT2D eigenvalue weighted by atomic mass is 32.2. The maximum atomic E-state index is 13.4. The van der Waals surface area contributed by atoms with E-state index in [4.69, 9.17) is 14.5 Å². The van der Waals surface area contributed by atoms with E-state index in [2.05, 4.69) is 15.4 Å². The van der Waals surface area contributed by atoms with Gasteiger partial charge in [0.05, 0.1) is 53.8 Å². The molecule has 0 saturated carbocycles. The molecule has 0 radical (unpaired) electrons. The normalized spacial score (nSPS) is 17.1. The first-order valence-corrected chi connectivity index (χ1v) is 14.2. The Morgan fingerprint density at radius 3 is 2.39 bits per heavy atom. The van der Waals surface area contributed by atoms with Crippen LogP contribution in [-0.2, 0) is 19.5 Å². The average molecular weight is 559 g/mol. The third-order valence-electron chi connectivity index (χ3n) is 6.10. The molecule has 200 valence electrons. The molecule has 12 nitrogen and oxygen atoms in total. The highest BCUT2D eigenvalue weighted by Gasteiger charge is 2.30. The van der Waals surface area contributed by atoms with Crippen molar-refractivity contribution < 1.29 is 22.8 Å². The van der Waals surface area contributed by atoms with Crippen LogP contribution in [0, 0.1) is 10.1 Å². The summed E-state index contributed by atoms with van der Waals surface area (Å²) in [5.41, 5.74) is 4.29. The maximum Gasteiger partial charge on any atom is 0.270 e. The zero-order valence-electron chi connectivity index (χ0n) is 20.4. The Morgan fingerprint density at radius 2 is 1.71 bits per heavy atom. The topological polar surface area (TPSA) is 140 Å². The van der Waals surface area contributed by atoms with Crippen molar-refractivity contribution in [3.05, 3.63) is 63.5 Å². The van der Waals surface area contributed by atoms with Crippen molar-refractivity contribution in [3.8, 4) is 11.3 Å². The number of non-ortho nitro benzene ring substituents is 1. The van der Waals surface area contributed by atoms with Crippen LogP contribution in [0.3, 0.4) is 0 Å².